The molecule has 102 valence electrons. The maximum atomic E-state index is 5.03. The van der Waals surface area contributed by atoms with Crippen LogP contribution in [-0.4, -0.2) is 24.8 Å². The predicted molar refractivity (Wildman–Crippen MR) is 86.3 cm³/mol. The van der Waals surface area contributed by atoms with E-state index in [-0.39, 0.29) is 0 Å². The van der Waals surface area contributed by atoms with Crippen molar-refractivity contribution in [2.75, 3.05) is 20.3 Å². The molecule has 2 rings (SSSR count). The Morgan fingerprint density at radius 2 is 2.00 bits per heavy atom. The fourth-order valence-electron chi connectivity index (χ4n) is 1.94. The Balaban J connectivity index is 1.93. The number of nitrogens with one attached hydrogen (secondary N) is 1. The summed E-state index contributed by atoms with van der Waals surface area (Å²) in [6.07, 6.45) is 2.13. The first-order valence-electron chi connectivity index (χ1n) is 6.37. The number of methoxy groups -OCH3 is 1. The summed E-state index contributed by atoms with van der Waals surface area (Å²) in [7, 11) is 1.72. The second-order valence-corrected chi connectivity index (χ2v) is 5.67. The van der Waals surface area contributed by atoms with Crippen molar-refractivity contribution in [1.29, 1.82) is 0 Å². The maximum Gasteiger partial charge on any atom is 0.0587 e. The molecule has 0 fully saturated rings. The molecule has 1 N–H and O–H groups in total. The molecule has 0 saturated heterocycles. The van der Waals surface area contributed by atoms with Gasteiger partial charge >= 0.3 is 0 Å². The molecule has 1 heterocycles. The standard InChI is InChI=1S/C15H19IN2O/c1-19-10-8-17-11-15-3-2-9-18(15)12-13-4-6-14(16)7-5-13/h2-7,9,17H,8,10-12H2,1H3. The lowest BCUT2D eigenvalue weighted by molar-refractivity contribution is 0.199. The average molecular weight is 370 g/mol. The molecule has 0 bridgehead atoms. The van der Waals surface area contributed by atoms with Gasteiger partial charge in [-0.05, 0) is 52.4 Å². The van der Waals surface area contributed by atoms with E-state index in [0.29, 0.717) is 0 Å². The Morgan fingerprint density at radius 1 is 1.21 bits per heavy atom. The van der Waals surface area contributed by atoms with Crippen molar-refractivity contribution in [3.05, 3.63) is 57.4 Å². The van der Waals surface area contributed by atoms with Gasteiger partial charge in [0.15, 0.2) is 0 Å². The van der Waals surface area contributed by atoms with Crippen LogP contribution in [0.5, 0.6) is 0 Å². The van der Waals surface area contributed by atoms with Crippen molar-refractivity contribution in [3.8, 4) is 0 Å². The molecule has 0 atom stereocenters. The highest BCUT2D eigenvalue weighted by Gasteiger charge is 2.01. The molecule has 0 spiro atoms. The smallest absolute Gasteiger partial charge is 0.0587 e. The molecule has 19 heavy (non-hydrogen) atoms. The first kappa shape index (κ1) is 14.6. The second-order valence-electron chi connectivity index (χ2n) is 4.42. The third-order valence-corrected chi connectivity index (χ3v) is 3.70. The van der Waals surface area contributed by atoms with Crippen LogP contribution >= 0.6 is 22.6 Å². The van der Waals surface area contributed by atoms with Crippen LogP contribution in [0.3, 0.4) is 0 Å². The number of hydrogen-bond acceptors (Lipinski definition) is 2. The molecular formula is C15H19IN2O. The molecule has 0 amide bonds. The van der Waals surface area contributed by atoms with Gasteiger partial charge in [0.25, 0.3) is 0 Å². The van der Waals surface area contributed by atoms with Gasteiger partial charge in [-0.1, -0.05) is 12.1 Å². The lowest BCUT2D eigenvalue weighted by atomic mass is 10.2. The normalized spacial score (nSPS) is 10.8. The summed E-state index contributed by atoms with van der Waals surface area (Å²) in [6.45, 7) is 3.43. The molecule has 3 nitrogen and oxygen atoms in total. The summed E-state index contributed by atoms with van der Waals surface area (Å²) >= 11 is 2.33. The fourth-order valence-corrected chi connectivity index (χ4v) is 2.30. The lowest BCUT2D eigenvalue weighted by Crippen LogP contribution is -2.20. The van der Waals surface area contributed by atoms with Gasteiger partial charge in [0.2, 0.25) is 0 Å². The van der Waals surface area contributed by atoms with Crippen LogP contribution in [0.1, 0.15) is 11.3 Å². The fraction of sp³-hybridized carbons (Fsp3) is 0.333. The zero-order valence-electron chi connectivity index (χ0n) is 11.1. The molecule has 4 heteroatoms. The number of ether oxygens (including phenoxy) is 1. The van der Waals surface area contributed by atoms with Crippen molar-refractivity contribution in [3.63, 3.8) is 0 Å². The molecule has 2 aromatic rings. The minimum Gasteiger partial charge on any atom is -0.383 e. The number of hydrogen-bond donors (Lipinski definition) is 1. The monoisotopic (exact) mass is 370 g/mol. The molecule has 0 radical (unpaired) electrons. The van der Waals surface area contributed by atoms with Crippen LogP contribution in [0.2, 0.25) is 0 Å². The third kappa shape index (κ3) is 4.63. The van der Waals surface area contributed by atoms with Crippen molar-refractivity contribution in [1.82, 2.24) is 9.88 Å². The number of nitrogens with zero attached hydrogens (tertiary/aromatic N) is 1. The van der Waals surface area contributed by atoms with Gasteiger partial charge in [-0.3, -0.25) is 0 Å². The minimum atomic E-state index is 0.748. The van der Waals surface area contributed by atoms with Gasteiger partial charge in [0, 0.05) is 42.2 Å². The Bertz CT molecular complexity index is 493. The van der Waals surface area contributed by atoms with E-state index in [9.17, 15) is 0 Å². The van der Waals surface area contributed by atoms with Gasteiger partial charge in [0.05, 0.1) is 6.61 Å². The molecule has 0 unspecified atom stereocenters. The quantitative estimate of drug-likeness (QED) is 0.599. The maximum absolute atomic E-state index is 5.03. The molecule has 1 aromatic heterocycles. The van der Waals surface area contributed by atoms with Crippen LogP contribution < -0.4 is 5.32 Å². The van der Waals surface area contributed by atoms with E-state index < -0.39 is 0 Å². The zero-order valence-corrected chi connectivity index (χ0v) is 13.3. The van der Waals surface area contributed by atoms with Crippen LogP contribution in [0.25, 0.3) is 0 Å². The molecular weight excluding hydrogens is 351 g/mol. The number of benzene rings is 1. The first-order chi connectivity index (χ1) is 9.29. The molecule has 0 aliphatic carbocycles. The van der Waals surface area contributed by atoms with Crippen molar-refractivity contribution >= 4 is 22.6 Å². The van der Waals surface area contributed by atoms with Crippen molar-refractivity contribution < 1.29 is 4.74 Å². The van der Waals surface area contributed by atoms with Gasteiger partial charge in [0.1, 0.15) is 0 Å². The van der Waals surface area contributed by atoms with Gasteiger partial charge in [-0.2, -0.15) is 0 Å². The number of rotatable bonds is 7. The van der Waals surface area contributed by atoms with E-state index >= 15 is 0 Å². The summed E-state index contributed by atoms with van der Waals surface area (Å²) in [5, 5.41) is 3.38. The van der Waals surface area contributed by atoms with Gasteiger partial charge in [-0.25, -0.2) is 0 Å². The Morgan fingerprint density at radius 3 is 2.74 bits per heavy atom. The van der Waals surface area contributed by atoms with E-state index in [1.807, 2.05) is 0 Å². The van der Waals surface area contributed by atoms with E-state index in [1.165, 1.54) is 14.8 Å². The summed E-state index contributed by atoms with van der Waals surface area (Å²) in [4.78, 5) is 0. The van der Waals surface area contributed by atoms with E-state index in [1.54, 1.807) is 7.11 Å². The van der Waals surface area contributed by atoms with E-state index in [2.05, 4.69) is 75.1 Å². The van der Waals surface area contributed by atoms with Crippen LogP contribution in [0.4, 0.5) is 0 Å². The Kier molecular flexibility index (Phi) is 5.88. The highest BCUT2D eigenvalue weighted by atomic mass is 127. The summed E-state index contributed by atoms with van der Waals surface area (Å²) < 4.78 is 8.58. The number of aromatic nitrogens is 1. The third-order valence-electron chi connectivity index (χ3n) is 2.98. The highest BCUT2D eigenvalue weighted by Crippen LogP contribution is 2.10. The summed E-state index contributed by atoms with van der Waals surface area (Å²) in [5.41, 5.74) is 2.63. The summed E-state index contributed by atoms with van der Waals surface area (Å²) in [5.74, 6) is 0. The molecule has 0 aliphatic heterocycles. The predicted octanol–water partition coefficient (Wildman–Crippen LogP) is 2.88. The minimum absolute atomic E-state index is 0.748. The molecule has 1 aromatic carbocycles. The zero-order chi connectivity index (χ0) is 13.5. The van der Waals surface area contributed by atoms with Crippen LogP contribution in [0.15, 0.2) is 42.6 Å². The van der Waals surface area contributed by atoms with Crippen molar-refractivity contribution in [2.24, 2.45) is 0 Å². The van der Waals surface area contributed by atoms with Crippen molar-refractivity contribution in [2.45, 2.75) is 13.1 Å². The second kappa shape index (κ2) is 7.67. The van der Waals surface area contributed by atoms with Crippen LogP contribution in [0, 0.1) is 3.57 Å². The van der Waals surface area contributed by atoms with Gasteiger partial charge < -0.3 is 14.6 Å². The number of halogens is 1. The van der Waals surface area contributed by atoms with E-state index in [4.69, 9.17) is 4.74 Å². The van der Waals surface area contributed by atoms with Crippen LogP contribution in [-0.2, 0) is 17.8 Å². The Labute approximate surface area is 128 Å². The topological polar surface area (TPSA) is 26.2 Å². The van der Waals surface area contributed by atoms with E-state index in [0.717, 1.165) is 26.2 Å². The van der Waals surface area contributed by atoms with Gasteiger partial charge in [-0.15, -0.1) is 0 Å². The molecule has 0 aliphatic rings. The average Bonchev–Trinajstić information content (AvgIpc) is 2.85. The lowest BCUT2D eigenvalue weighted by Gasteiger charge is -2.10. The summed E-state index contributed by atoms with van der Waals surface area (Å²) in [6, 6.07) is 12.9. The largest absolute Gasteiger partial charge is 0.383 e. The SMILES string of the molecule is COCCNCc1cccn1Cc1ccc(I)cc1. The molecule has 0 saturated carbocycles. The highest BCUT2D eigenvalue weighted by molar-refractivity contribution is 14.1. The first-order valence-corrected chi connectivity index (χ1v) is 7.45. The Hall–Kier alpha value is -0.850.